The third kappa shape index (κ3) is 3.63. The number of rotatable bonds is 5. The fourth-order valence-corrected chi connectivity index (χ4v) is 3.06. The summed E-state index contributed by atoms with van der Waals surface area (Å²) in [4.78, 5) is 12.4. The Kier molecular flexibility index (Phi) is 5.36. The molecule has 1 aliphatic carbocycles. The van der Waals surface area contributed by atoms with E-state index < -0.39 is 10.7 Å². The van der Waals surface area contributed by atoms with E-state index in [0.717, 1.165) is 44.2 Å². The number of aliphatic hydroxyl groups is 1. The van der Waals surface area contributed by atoms with Gasteiger partial charge in [0.2, 0.25) is 0 Å². The van der Waals surface area contributed by atoms with Gasteiger partial charge in [-0.2, -0.15) is 0 Å². The Bertz CT molecular complexity index is 521. The van der Waals surface area contributed by atoms with E-state index in [1.54, 1.807) is 4.90 Å². The van der Waals surface area contributed by atoms with Crippen LogP contribution in [0.15, 0.2) is 12.1 Å². The summed E-state index contributed by atoms with van der Waals surface area (Å²) in [5.41, 5.74) is -0.0247. The van der Waals surface area contributed by atoms with Crippen molar-refractivity contribution < 1.29 is 14.4 Å². The van der Waals surface area contributed by atoms with E-state index in [1.165, 1.54) is 0 Å². The Labute approximate surface area is 127 Å². The van der Waals surface area contributed by atoms with Crippen molar-refractivity contribution in [2.45, 2.75) is 38.1 Å². The van der Waals surface area contributed by atoms with Gasteiger partial charge in [-0.15, -0.1) is 0 Å². The number of nitro groups is 1. The summed E-state index contributed by atoms with van der Waals surface area (Å²) in [5.74, 6) is -0.684. The molecule has 1 aliphatic rings. The third-order valence-electron chi connectivity index (χ3n) is 3.88. The number of hydrogen-bond acceptors (Lipinski definition) is 4. The number of halogens is 2. The van der Waals surface area contributed by atoms with Crippen LogP contribution in [0.4, 0.5) is 15.8 Å². The second kappa shape index (κ2) is 7.04. The first-order valence-electron chi connectivity index (χ1n) is 7.05. The number of benzene rings is 1. The highest BCUT2D eigenvalue weighted by Crippen LogP contribution is 2.36. The summed E-state index contributed by atoms with van der Waals surface area (Å²) in [6.07, 6.45) is 5.00. The van der Waals surface area contributed by atoms with Crippen LogP contribution in [0.1, 0.15) is 32.1 Å². The van der Waals surface area contributed by atoms with Gasteiger partial charge in [-0.25, -0.2) is 4.39 Å². The van der Waals surface area contributed by atoms with Crippen molar-refractivity contribution in [2.75, 3.05) is 18.1 Å². The Morgan fingerprint density at radius 3 is 2.62 bits per heavy atom. The van der Waals surface area contributed by atoms with Gasteiger partial charge in [0.15, 0.2) is 0 Å². The molecule has 1 aromatic rings. The average Bonchev–Trinajstić information content (AvgIpc) is 2.48. The van der Waals surface area contributed by atoms with E-state index >= 15 is 0 Å². The molecule has 0 atom stereocenters. The van der Waals surface area contributed by atoms with Gasteiger partial charge in [-0.3, -0.25) is 10.1 Å². The first-order chi connectivity index (χ1) is 10.0. The lowest BCUT2D eigenvalue weighted by molar-refractivity contribution is -0.384. The Morgan fingerprint density at radius 1 is 1.38 bits per heavy atom. The molecule has 1 N–H and O–H groups in total. The minimum Gasteiger partial charge on any atom is -0.395 e. The van der Waals surface area contributed by atoms with E-state index in [9.17, 15) is 19.6 Å². The molecule has 0 heterocycles. The smallest absolute Gasteiger partial charge is 0.294 e. The molecule has 0 bridgehead atoms. The van der Waals surface area contributed by atoms with Crippen LogP contribution in [0.2, 0.25) is 5.02 Å². The molecule has 0 aliphatic heterocycles. The highest BCUT2D eigenvalue weighted by atomic mass is 35.5. The van der Waals surface area contributed by atoms with Crippen molar-refractivity contribution in [3.63, 3.8) is 0 Å². The summed E-state index contributed by atoms with van der Waals surface area (Å²) in [5, 5.41) is 20.2. The topological polar surface area (TPSA) is 66.6 Å². The van der Waals surface area contributed by atoms with Gasteiger partial charge >= 0.3 is 0 Å². The fraction of sp³-hybridized carbons (Fsp3) is 0.571. The summed E-state index contributed by atoms with van der Waals surface area (Å²) < 4.78 is 13.7. The standard InChI is InChI=1S/C14H18ClFN2O3/c15-11-8-14(18(20)21)13(9-12(11)16)17(6-7-19)10-4-2-1-3-5-10/h8-10,19H,1-7H2. The highest BCUT2D eigenvalue weighted by molar-refractivity contribution is 6.31. The van der Waals surface area contributed by atoms with Crippen LogP contribution in [-0.2, 0) is 0 Å². The van der Waals surface area contributed by atoms with E-state index in [1.807, 2.05) is 0 Å². The van der Waals surface area contributed by atoms with Crippen molar-refractivity contribution in [1.29, 1.82) is 0 Å². The van der Waals surface area contributed by atoms with Gasteiger partial charge in [-0.1, -0.05) is 30.9 Å². The molecule has 7 heteroatoms. The molecule has 0 unspecified atom stereocenters. The van der Waals surface area contributed by atoms with Gasteiger partial charge in [0.05, 0.1) is 16.6 Å². The predicted molar refractivity (Wildman–Crippen MR) is 79.4 cm³/mol. The molecule has 1 fully saturated rings. The van der Waals surface area contributed by atoms with Crippen LogP contribution in [-0.4, -0.2) is 29.2 Å². The minimum absolute atomic E-state index is 0.0881. The normalized spacial score (nSPS) is 16.0. The zero-order valence-electron chi connectivity index (χ0n) is 11.6. The van der Waals surface area contributed by atoms with E-state index in [2.05, 4.69) is 0 Å². The molecular formula is C14H18ClFN2O3. The Hall–Kier alpha value is -1.40. The second-order valence-corrected chi connectivity index (χ2v) is 5.63. The largest absolute Gasteiger partial charge is 0.395 e. The van der Waals surface area contributed by atoms with E-state index in [0.29, 0.717) is 0 Å². The quantitative estimate of drug-likeness (QED) is 0.666. The Morgan fingerprint density at radius 2 is 2.05 bits per heavy atom. The van der Waals surface area contributed by atoms with Crippen molar-refractivity contribution in [3.05, 3.63) is 33.1 Å². The fourth-order valence-electron chi connectivity index (χ4n) is 2.90. The van der Waals surface area contributed by atoms with Crippen molar-refractivity contribution in [1.82, 2.24) is 0 Å². The average molecular weight is 317 g/mol. The second-order valence-electron chi connectivity index (χ2n) is 5.22. The Balaban J connectivity index is 2.42. The third-order valence-corrected chi connectivity index (χ3v) is 4.17. The molecule has 0 spiro atoms. The number of hydrogen-bond donors (Lipinski definition) is 1. The van der Waals surface area contributed by atoms with Gasteiger partial charge in [0, 0.05) is 24.7 Å². The van der Waals surface area contributed by atoms with Crippen molar-refractivity contribution >= 4 is 23.0 Å². The molecule has 116 valence electrons. The van der Waals surface area contributed by atoms with Crippen LogP contribution in [0, 0.1) is 15.9 Å². The molecule has 0 radical (unpaired) electrons. The predicted octanol–water partition coefficient (Wildman–Crippen LogP) is 3.52. The zero-order valence-corrected chi connectivity index (χ0v) is 12.4. The number of nitrogens with zero attached hydrogens (tertiary/aromatic N) is 2. The number of aliphatic hydroxyl groups excluding tert-OH is 1. The minimum atomic E-state index is -0.684. The number of nitro benzene ring substituents is 1. The van der Waals surface area contributed by atoms with Crippen molar-refractivity contribution in [3.8, 4) is 0 Å². The van der Waals surface area contributed by atoms with Gasteiger partial charge < -0.3 is 10.0 Å². The van der Waals surface area contributed by atoms with Gasteiger partial charge in [0.1, 0.15) is 11.5 Å². The van der Waals surface area contributed by atoms with E-state index in [4.69, 9.17) is 11.6 Å². The number of anilines is 1. The lowest BCUT2D eigenvalue weighted by Crippen LogP contribution is -2.39. The maximum Gasteiger partial charge on any atom is 0.294 e. The molecule has 1 saturated carbocycles. The molecular weight excluding hydrogens is 299 g/mol. The summed E-state index contributed by atoms with van der Waals surface area (Å²) in [6, 6.07) is 2.23. The molecule has 5 nitrogen and oxygen atoms in total. The van der Waals surface area contributed by atoms with Gasteiger partial charge in [0.25, 0.3) is 5.69 Å². The molecule has 0 saturated heterocycles. The first kappa shape index (κ1) is 16.0. The van der Waals surface area contributed by atoms with E-state index in [-0.39, 0.29) is 35.6 Å². The molecule has 1 aromatic carbocycles. The maximum absolute atomic E-state index is 13.7. The van der Waals surface area contributed by atoms with Crippen molar-refractivity contribution in [2.24, 2.45) is 0 Å². The monoisotopic (exact) mass is 316 g/mol. The summed E-state index contributed by atoms with van der Waals surface area (Å²) in [7, 11) is 0. The van der Waals surface area contributed by atoms with Crippen LogP contribution in [0.5, 0.6) is 0 Å². The van der Waals surface area contributed by atoms with Crippen LogP contribution in [0.3, 0.4) is 0 Å². The van der Waals surface area contributed by atoms with Crippen LogP contribution >= 0.6 is 11.6 Å². The SMILES string of the molecule is O=[N+]([O-])c1cc(Cl)c(F)cc1N(CCO)C1CCCCC1. The molecule has 21 heavy (non-hydrogen) atoms. The lowest BCUT2D eigenvalue weighted by atomic mass is 9.93. The summed E-state index contributed by atoms with van der Waals surface area (Å²) >= 11 is 5.65. The highest BCUT2D eigenvalue weighted by Gasteiger charge is 2.28. The van der Waals surface area contributed by atoms with Crippen LogP contribution < -0.4 is 4.90 Å². The summed E-state index contributed by atoms with van der Waals surface area (Å²) in [6.45, 7) is 0.102. The maximum atomic E-state index is 13.7. The van der Waals surface area contributed by atoms with Crippen LogP contribution in [0.25, 0.3) is 0 Å². The molecule has 0 aromatic heterocycles. The molecule has 2 rings (SSSR count). The zero-order chi connectivity index (χ0) is 15.4. The lowest BCUT2D eigenvalue weighted by Gasteiger charge is -2.35. The first-order valence-corrected chi connectivity index (χ1v) is 7.43. The van der Waals surface area contributed by atoms with Gasteiger partial charge in [-0.05, 0) is 12.8 Å². The molecule has 0 amide bonds.